The lowest BCUT2D eigenvalue weighted by Gasteiger charge is -2.07. The molecule has 21 heavy (non-hydrogen) atoms. The lowest BCUT2D eigenvalue weighted by Crippen LogP contribution is -2.09. The van der Waals surface area contributed by atoms with E-state index < -0.39 is 4.92 Å². The zero-order chi connectivity index (χ0) is 15.2. The van der Waals surface area contributed by atoms with Gasteiger partial charge in [0.15, 0.2) is 5.82 Å². The minimum absolute atomic E-state index is 0.0465. The van der Waals surface area contributed by atoms with Gasteiger partial charge in [0, 0.05) is 0 Å². The van der Waals surface area contributed by atoms with Crippen LogP contribution in [-0.4, -0.2) is 9.91 Å². The molecule has 1 aromatic heterocycles. The highest BCUT2D eigenvalue weighted by Gasteiger charge is 2.12. The molecule has 0 radical (unpaired) electrons. The number of hydrogen-bond acceptors (Lipinski definition) is 7. The number of aromatic nitrogens is 1. The molecule has 0 aliphatic heterocycles. The van der Waals surface area contributed by atoms with Gasteiger partial charge in [0.1, 0.15) is 5.75 Å². The maximum atomic E-state index is 10.8. The van der Waals surface area contributed by atoms with E-state index in [-0.39, 0.29) is 17.4 Å². The molecule has 3 N–H and O–H groups in total. The van der Waals surface area contributed by atoms with E-state index in [1.807, 2.05) is 6.07 Å². The number of nitrogens with one attached hydrogen (secondary N) is 1. The predicted octanol–water partition coefficient (Wildman–Crippen LogP) is 2.13. The van der Waals surface area contributed by atoms with Gasteiger partial charge in [-0.15, -0.1) is 0 Å². The molecule has 2 rings (SSSR count). The highest BCUT2D eigenvalue weighted by molar-refractivity contribution is 5.48. The quantitative estimate of drug-likeness (QED) is 0.489. The van der Waals surface area contributed by atoms with Gasteiger partial charge in [0.2, 0.25) is 5.88 Å². The van der Waals surface area contributed by atoms with Crippen molar-refractivity contribution in [2.24, 2.45) is 5.84 Å². The minimum atomic E-state index is -0.564. The number of rotatable bonds is 5. The molecule has 1 heterocycles. The first-order valence-electron chi connectivity index (χ1n) is 5.89. The predicted molar refractivity (Wildman–Crippen MR) is 74.5 cm³/mol. The summed E-state index contributed by atoms with van der Waals surface area (Å²) < 4.78 is 5.45. The van der Waals surface area contributed by atoms with Gasteiger partial charge in [-0.05, 0) is 17.7 Å². The van der Waals surface area contributed by atoms with Gasteiger partial charge in [-0.1, -0.05) is 12.1 Å². The number of anilines is 1. The Morgan fingerprint density at radius 3 is 2.67 bits per heavy atom. The SMILES string of the molecule is N#CCc1ccc(Oc2cc([N+](=O)[O-])cc(NN)n2)cc1. The first-order valence-corrected chi connectivity index (χ1v) is 5.89. The monoisotopic (exact) mass is 285 g/mol. The zero-order valence-corrected chi connectivity index (χ0v) is 10.8. The van der Waals surface area contributed by atoms with Crippen LogP contribution in [0.4, 0.5) is 11.5 Å². The molecule has 0 amide bonds. The van der Waals surface area contributed by atoms with Crippen molar-refractivity contribution in [3.05, 3.63) is 52.1 Å². The Bertz CT molecular complexity index is 694. The Morgan fingerprint density at radius 1 is 1.38 bits per heavy atom. The zero-order valence-electron chi connectivity index (χ0n) is 10.8. The van der Waals surface area contributed by atoms with Crippen LogP contribution in [0.5, 0.6) is 11.6 Å². The molecule has 0 aliphatic rings. The molecule has 0 unspecified atom stereocenters. The molecular weight excluding hydrogens is 274 g/mol. The van der Waals surface area contributed by atoms with E-state index in [9.17, 15) is 10.1 Å². The van der Waals surface area contributed by atoms with E-state index in [0.717, 1.165) is 5.56 Å². The molecule has 0 bridgehead atoms. The standard InChI is InChI=1S/C13H11N5O3/c14-6-5-9-1-3-11(4-2-9)21-13-8-10(18(19)20)7-12(16-13)17-15/h1-4,7-8H,5,15H2,(H,16,17). The third-order valence-corrected chi connectivity index (χ3v) is 2.57. The summed E-state index contributed by atoms with van der Waals surface area (Å²) in [4.78, 5) is 14.2. The maximum absolute atomic E-state index is 10.8. The van der Waals surface area contributed by atoms with Gasteiger partial charge in [0.05, 0.1) is 29.5 Å². The average Bonchev–Trinajstić information content (AvgIpc) is 2.49. The number of nitrogens with zero attached hydrogens (tertiary/aromatic N) is 3. The van der Waals surface area contributed by atoms with Crippen LogP contribution in [-0.2, 0) is 6.42 Å². The van der Waals surface area contributed by atoms with Crippen molar-refractivity contribution in [3.8, 4) is 17.7 Å². The third-order valence-electron chi connectivity index (χ3n) is 2.57. The first-order chi connectivity index (χ1) is 10.1. The van der Waals surface area contributed by atoms with Crippen LogP contribution in [0.3, 0.4) is 0 Å². The molecule has 1 aromatic carbocycles. The van der Waals surface area contributed by atoms with Gasteiger partial charge in [-0.3, -0.25) is 10.1 Å². The van der Waals surface area contributed by atoms with Crippen LogP contribution in [0.15, 0.2) is 36.4 Å². The largest absolute Gasteiger partial charge is 0.439 e. The number of nitrogens with two attached hydrogens (primary N) is 1. The number of hydrazine groups is 1. The van der Waals surface area contributed by atoms with E-state index in [4.69, 9.17) is 15.8 Å². The summed E-state index contributed by atoms with van der Waals surface area (Å²) in [6.07, 6.45) is 0.302. The van der Waals surface area contributed by atoms with Gasteiger partial charge < -0.3 is 10.2 Å². The molecule has 0 atom stereocenters. The second-order valence-corrected chi connectivity index (χ2v) is 4.03. The molecule has 106 valence electrons. The molecule has 0 saturated carbocycles. The number of hydrogen-bond donors (Lipinski definition) is 2. The summed E-state index contributed by atoms with van der Waals surface area (Å²) in [6.45, 7) is 0. The normalized spacial score (nSPS) is 9.71. The van der Waals surface area contributed by atoms with Crippen LogP contribution in [0, 0.1) is 21.4 Å². The van der Waals surface area contributed by atoms with Gasteiger partial charge in [0.25, 0.3) is 5.69 Å². The fourth-order valence-corrected chi connectivity index (χ4v) is 1.61. The summed E-state index contributed by atoms with van der Waals surface area (Å²) in [5, 5.41) is 19.4. The third kappa shape index (κ3) is 3.65. The molecule has 0 saturated heterocycles. The minimum Gasteiger partial charge on any atom is -0.439 e. The van der Waals surface area contributed by atoms with Crippen LogP contribution in [0.25, 0.3) is 0 Å². The molecule has 2 aromatic rings. The maximum Gasteiger partial charge on any atom is 0.278 e. The van der Waals surface area contributed by atoms with Crippen molar-refractivity contribution >= 4 is 11.5 Å². The Balaban J connectivity index is 2.24. The fourth-order valence-electron chi connectivity index (χ4n) is 1.61. The van der Waals surface area contributed by atoms with Gasteiger partial charge in [-0.25, -0.2) is 5.84 Å². The van der Waals surface area contributed by atoms with E-state index in [0.29, 0.717) is 12.2 Å². The fraction of sp³-hybridized carbons (Fsp3) is 0.0769. The molecule has 8 nitrogen and oxygen atoms in total. The highest BCUT2D eigenvalue weighted by atomic mass is 16.6. The highest BCUT2D eigenvalue weighted by Crippen LogP contribution is 2.26. The number of pyridine rings is 1. The molecule has 0 spiro atoms. The van der Waals surface area contributed by atoms with E-state index in [1.165, 1.54) is 12.1 Å². The average molecular weight is 285 g/mol. The van der Waals surface area contributed by atoms with E-state index in [2.05, 4.69) is 10.4 Å². The van der Waals surface area contributed by atoms with Gasteiger partial charge in [-0.2, -0.15) is 10.2 Å². The Morgan fingerprint density at radius 2 is 2.10 bits per heavy atom. The number of nitriles is 1. The van der Waals surface area contributed by atoms with Gasteiger partial charge >= 0.3 is 0 Å². The topological polar surface area (TPSA) is 127 Å². The summed E-state index contributed by atoms with van der Waals surface area (Å²) in [6, 6.07) is 11.2. The van der Waals surface area contributed by atoms with Crippen LogP contribution >= 0.6 is 0 Å². The second-order valence-electron chi connectivity index (χ2n) is 4.03. The first kappa shape index (κ1) is 14.2. The Kier molecular flexibility index (Phi) is 4.28. The smallest absolute Gasteiger partial charge is 0.278 e. The summed E-state index contributed by atoms with van der Waals surface area (Å²) in [5.74, 6) is 5.84. The number of ether oxygens (including phenoxy) is 1. The summed E-state index contributed by atoms with van der Waals surface area (Å²) >= 11 is 0. The number of benzene rings is 1. The van der Waals surface area contributed by atoms with Crippen LogP contribution < -0.4 is 16.0 Å². The molecule has 0 aliphatic carbocycles. The van der Waals surface area contributed by atoms with Crippen LogP contribution in [0.2, 0.25) is 0 Å². The van der Waals surface area contributed by atoms with Crippen molar-refractivity contribution in [1.29, 1.82) is 5.26 Å². The summed E-state index contributed by atoms with van der Waals surface area (Å²) in [7, 11) is 0. The lowest BCUT2D eigenvalue weighted by atomic mass is 10.2. The van der Waals surface area contributed by atoms with Crippen molar-refractivity contribution in [3.63, 3.8) is 0 Å². The number of nitro groups is 1. The van der Waals surface area contributed by atoms with Crippen molar-refractivity contribution in [2.45, 2.75) is 6.42 Å². The van der Waals surface area contributed by atoms with Crippen molar-refractivity contribution in [1.82, 2.24) is 4.98 Å². The second kappa shape index (κ2) is 6.31. The molecule has 0 fully saturated rings. The van der Waals surface area contributed by atoms with E-state index in [1.54, 1.807) is 24.3 Å². The van der Waals surface area contributed by atoms with E-state index >= 15 is 0 Å². The summed E-state index contributed by atoms with van der Waals surface area (Å²) in [5.41, 5.74) is 2.90. The van der Waals surface area contributed by atoms with Crippen LogP contribution in [0.1, 0.15) is 5.56 Å². The Hall–Kier alpha value is -3.18. The molecule has 8 heteroatoms. The lowest BCUT2D eigenvalue weighted by molar-refractivity contribution is -0.384. The van der Waals surface area contributed by atoms with Crippen molar-refractivity contribution < 1.29 is 9.66 Å². The molecular formula is C13H11N5O3. The number of nitrogen functional groups attached to an aromatic ring is 1. The Labute approximate surface area is 119 Å². The van der Waals surface area contributed by atoms with Crippen molar-refractivity contribution in [2.75, 3.05) is 5.43 Å².